The molecule has 2 aromatic rings. The molecule has 2 rings (SSSR count). The van der Waals surface area contributed by atoms with Crippen LogP contribution >= 0.6 is 15.9 Å². The highest BCUT2D eigenvalue weighted by atomic mass is 79.9. The molecule has 27 heavy (non-hydrogen) atoms. The third-order valence-corrected chi connectivity index (χ3v) is 5.48. The number of halogens is 1. The molecule has 0 atom stereocenters. The zero-order valence-electron chi connectivity index (χ0n) is 14.9. The summed E-state index contributed by atoms with van der Waals surface area (Å²) >= 11 is 3.43. The zero-order valence-corrected chi connectivity index (χ0v) is 17.3. The summed E-state index contributed by atoms with van der Waals surface area (Å²) < 4.78 is 35.6. The number of hydrogen-bond acceptors (Lipinski definition) is 5. The molecule has 0 amide bonds. The fraction of sp³-hybridized carbons (Fsp3) is 0.278. The van der Waals surface area contributed by atoms with Gasteiger partial charge in [-0.3, -0.25) is 4.18 Å². The second-order valence-corrected chi connectivity index (χ2v) is 8.27. The van der Waals surface area contributed by atoms with Crippen molar-refractivity contribution in [1.29, 1.82) is 0 Å². The molecule has 0 bridgehead atoms. The molecule has 0 saturated heterocycles. The van der Waals surface area contributed by atoms with Crippen molar-refractivity contribution < 1.29 is 17.3 Å². The zero-order chi connectivity index (χ0) is 19.9. The normalized spacial score (nSPS) is 11.2. The highest BCUT2D eigenvalue weighted by molar-refractivity contribution is 9.10. The van der Waals surface area contributed by atoms with Crippen molar-refractivity contribution in [3.05, 3.63) is 58.1 Å². The summed E-state index contributed by atoms with van der Waals surface area (Å²) in [7, 11) is -3.75. The van der Waals surface area contributed by atoms with E-state index in [0.717, 1.165) is 15.6 Å². The van der Waals surface area contributed by atoms with Gasteiger partial charge in [0.2, 0.25) is 0 Å². The van der Waals surface area contributed by atoms with Crippen LogP contribution in [0.5, 0.6) is 5.75 Å². The molecule has 0 fully saturated rings. The first kappa shape index (κ1) is 21.2. The first-order valence-corrected chi connectivity index (χ1v) is 10.4. The largest absolute Gasteiger partial charge is 0.492 e. The van der Waals surface area contributed by atoms with Gasteiger partial charge in [-0.2, -0.15) is 8.42 Å². The molecule has 7 nitrogen and oxygen atoms in total. The first-order chi connectivity index (χ1) is 12.8. The van der Waals surface area contributed by atoms with Crippen molar-refractivity contribution in [2.45, 2.75) is 24.8 Å². The number of hydrogen-bond donors (Lipinski definition) is 2. The second kappa shape index (κ2) is 9.72. The van der Waals surface area contributed by atoms with Crippen LogP contribution in [-0.4, -0.2) is 27.6 Å². The lowest BCUT2D eigenvalue weighted by Gasteiger charge is -2.10. The summed E-state index contributed by atoms with van der Waals surface area (Å²) in [5.74, 6) is 0.678. The van der Waals surface area contributed by atoms with E-state index >= 15 is 0 Å². The molecule has 0 aliphatic heterocycles. The first-order valence-electron chi connectivity index (χ1n) is 8.20. The van der Waals surface area contributed by atoms with Gasteiger partial charge >= 0.3 is 0 Å². The molecule has 0 heterocycles. The van der Waals surface area contributed by atoms with Gasteiger partial charge in [0.15, 0.2) is 5.96 Å². The molecule has 4 N–H and O–H groups in total. The molecule has 146 valence electrons. The third-order valence-electron chi connectivity index (χ3n) is 3.53. The summed E-state index contributed by atoms with van der Waals surface area (Å²) in [5.41, 5.74) is 12.5. The summed E-state index contributed by atoms with van der Waals surface area (Å²) in [5, 5.41) is 0. The Bertz CT molecular complexity index is 895. The van der Waals surface area contributed by atoms with Crippen molar-refractivity contribution in [2.24, 2.45) is 16.5 Å². The lowest BCUT2D eigenvalue weighted by molar-refractivity contribution is 0.250. The second-order valence-electron chi connectivity index (χ2n) is 5.80. The van der Waals surface area contributed by atoms with Crippen LogP contribution in [0.15, 0.2) is 56.8 Å². The van der Waals surface area contributed by atoms with E-state index in [1.165, 1.54) is 12.1 Å². The number of ether oxygens (including phenoxy) is 1. The van der Waals surface area contributed by atoms with Gasteiger partial charge in [-0.1, -0.05) is 23.8 Å². The Morgan fingerprint density at radius 3 is 2.44 bits per heavy atom. The fourth-order valence-electron chi connectivity index (χ4n) is 2.12. The number of aliphatic imine (C=N–C) groups is 1. The van der Waals surface area contributed by atoms with Crippen LogP contribution in [0.25, 0.3) is 0 Å². The van der Waals surface area contributed by atoms with E-state index in [9.17, 15) is 8.42 Å². The lowest BCUT2D eigenvalue weighted by Crippen LogP contribution is -2.22. The van der Waals surface area contributed by atoms with Crippen LogP contribution in [0, 0.1) is 6.92 Å². The molecular formula is C18H22BrN3O4S. The Labute approximate surface area is 167 Å². The molecular weight excluding hydrogens is 434 g/mol. The van der Waals surface area contributed by atoms with E-state index in [4.69, 9.17) is 20.4 Å². The molecule has 2 aromatic carbocycles. The maximum absolute atomic E-state index is 12.1. The van der Waals surface area contributed by atoms with Gasteiger partial charge in [0.25, 0.3) is 10.1 Å². The van der Waals surface area contributed by atoms with Crippen molar-refractivity contribution in [3.63, 3.8) is 0 Å². The third kappa shape index (κ3) is 6.85. The van der Waals surface area contributed by atoms with Gasteiger partial charge in [-0.05, 0) is 52.7 Å². The fourth-order valence-corrected chi connectivity index (χ4v) is 3.61. The van der Waals surface area contributed by atoms with Gasteiger partial charge in [0, 0.05) is 6.42 Å². The summed E-state index contributed by atoms with van der Waals surface area (Å²) in [6.45, 7) is 2.62. The van der Waals surface area contributed by atoms with Crippen LogP contribution in [-0.2, 0) is 20.8 Å². The Morgan fingerprint density at radius 1 is 1.11 bits per heavy atom. The van der Waals surface area contributed by atoms with Gasteiger partial charge in [0.1, 0.15) is 5.75 Å². The van der Waals surface area contributed by atoms with Gasteiger partial charge < -0.3 is 16.2 Å². The van der Waals surface area contributed by atoms with Crippen LogP contribution < -0.4 is 16.2 Å². The Hall–Kier alpha value is -2.10. The molecule has 9 heteroatoms. The molecule has 0 saturated carbocycles. The number of guanidine groups is 1. The predicted octanol–water partition coefficient (Wildman–Crippen LogP) is 2.71. The number of aryl methyl sites for hydroxylation is 1. The SMILES string of the molecule is Cc1ccc(S(=O)(=O)OCCCOc2ccc(CN=C(N)N)cc2Br)cc1. The predicted molar refractivity (Wildman–Crippen MR) is 108 cm³/mol. The van der Waals surface area contributed by atoms with Gasteiger partial charge in [-0.15, -0.1) is 0 Å². The Balaban J connectivity index is 1.79. The molecule has 0 unspecified atom stereocenters. The number of rotatable bonds is 9. The minimum Gasteiger partial charge on any atom is -0.492 e. The molecule has 0 radical (unpaired) electrons. The van der Waals surface area contributed by atoms with E-state index in [-0.39, 0.29) is 17.5 Å². The van der Waals surface area contributed by atoms with Gasteiger partial charge in [0.05, 0.1) is 29.1 Å². The van der Waals surface area contributed by atoms with Crippen LogP contribution in [0.2, 0.25) is 0 Å². The Kier molecular flexibility index (Phi) is 7.64. The summed E-state index contributed by atoms with van der Waals surface area (Å²) in [6.07, 6.45) is 0.424. The Morgan fingerprint density at radius 2 is 1.81 bits per heavy atom. The standard InChI is InChI=1S/C18H22BrN3O4S/c1-13-3-6-15(7-4-13)27(23,24)26-10-2-9-25-17-8-5-14(11-16(17)19)12-22-18(20)21/h3-8,11H,2,9-10,12H2,1H3,(H4,20,21,22). The van der Waals surface area contributed by atoms with Gasteiger partial charge in [-0.25, -0.2) is 4.99 Å². The summed E-state index contributed by atoms with van der Waals surface area (Å²) in [4.78, 5) is 4.09. The minimum atomic E-state index is -3.75. The van der Waals surface area contributed by atoms with Crippen LogP contribution in [0.4, 0.5) is 0 Å². The molecule has 0 aliphatic carbocycles. The molecule has 0 aromatic heterocycles. The lowest BCUT2D eigenvalue weighted by atomic mass is 10.2. The molecule has 0 spiro atoms. The van der Waals surface area contributed by atoms with Crippen LogP contribution in [0.3, 0.4) is 0 Å². The number of nitrogens with zero attached hydrogens (tertiary/aromatic N) is 1. The highest BCUT2D eigenvalue weighted by Gasteiger charge is 2.14. The minimum absolute atomic E-state index is 0.0343. The summed E-state index contributed by atoms with van der Waals surface area (Å²) in [6, 6.07) is 12.0. The number of benzene rings is 2. The monoisotopic (exact) mass is 455 g/mol. The highest BCUT2D eigenvalue weighted by Crippen LogP contribution is 2.26. The van der Waals surface area contributed by atoms with Crippen molar-refractivity contribution in [2.75, 3.05) is 13.2 Å². The van der Waals surface area contributed by atoms with E-state index in [2.05, 4.69) is 20.9 Å². The van der Waals surface area contributed by atoms with E-state index in [1.54, 1.807) is 18.2 Å². The molecule has 0 aliphatic rings. The number of nitrogens with two attached hydrogens (primary N) is 2. The van der Waals surface area contributed by atoms with E-state index < -0.39 is 10.1 Å². The van der Waals surface area contributed by atoms with Crippen LogP contribution in [0.1, 0.15) is 17.5 Å². The van der Waals surface area contributed by atoms with E-state index in [1.807, 2.05) is 19.1 Å². The average Bonchev–Trinajstić information content (AvgIpc) is 2.61. The van der Waals surface area contributed by atoms with Crippen molar-refractivity contribution >= 4 is 32.0 Å². The van der Waals surface area contributed by atoms with Crippen molar-refractivity contribution in [1.82, 2.24) is 0 Å². The van der Waals surface area contributed by atoms with E-state index in [0.29, 0.717) is 25.3 Å². The van der Waals surface area contributed by atoms with Crippen molar-refractivity contribution in [3.8, 4) is 5.75 Å². The maximum atomic E-state index is 12.1. The quantitative estimate of drug-likeness (QED) is 0.259. The topological polar surface area (TPSA) is 117 Å². The smallest absolute Gasteiger partial charge is 0.296 e. The average molecular weight is 456 g/mol. The maximum Gasteiger partial charge on any atom is 0.296 e.